The lowest BCUT2D eigenvalue weighted by Crippen LogP contribution is -2.40. The highest BCUT2D eigenvalue weighted by Crippen LogP contribution is 1.96. The molecule has 5 heteroatoms. The van der Waals surface area contributed by atoms with Crippen LogP contribution in [0.15, 0.2) is 4.99 Å². The summed E-state index contributed by atoms with van der Waals surface area (Å²) in [6, 6.07) is 0. The van der Waals surface area contributed by atoms with E-state index in [1.165, 1.54) is 0 Å². The SMILES string of the molecule is CCNC(=NCCNC(C)(C)C)NCCOC. The Labute approximate surface area is 105 Å². The molecule has 0 saturated heterocycles. The van der Waals surface area contributed by atoms with Crippen molar-refractivity contribution in [2.45, 2.75) is 33.2 Å². The number of rotatable bonds is 7. The van der Waals surface area contributed by atoms with Gasteiger partial charge in [-0.1, -0.05) is 0 Å². The molecule has 0 aliphatic heterocycles. The third-order valence-electron chi connectivity index (χ3n) is 1.98. The maximum Gasteiger partial charge on any atom is 0.191 e. The Hall–Kier alpha value is -0.810. The van der Waals surface area contributed by atoms with Crippen molar-refractivity contribution in [3.8, 4) is 0 Å². The van der Waals surface area contributed by atoms with E-state index in [4.69, 9.17) is 4.74 Å². The molecule has 0 aromatic heterocycles. The van der Waals surface area contributed by atoms with Gasteiger partial charge in [0.15, 0.2) is 5.96 Å². The van der Waals surface area contributed by atoms with E-state index >= 15 is 0 Å². The zero-order valence-corrected chi connectivity index (χ0v) is 11.9. The summed E-state index contributed by atoms with van der Waals surface area (Å²) in [7, 11) is 1.69. The van der Waals surface area contributed by atoms with Gasteiger partial charge in [0.2, 0.25) is 0 Å². The summed E-state index contributed by atoms with van der Waals surface area (Å²) in [4.78, 5) is 4.46. The van der Waals surface area contributed by atoms with Gasteiger partial charge in [0.05, 0.1) is 13.2 Å². The molecule has 3 N–H and O–H groups in total. The zero-order chi connectivity index (χ0) is 13.1. The van der Waals surface area contributed by atoms with Crippen LogP contribution in [0, 0.1) is 0 Å². The predicted molar refractivity (Wildman–Crippen MR) is 73.6 cm³/mol. The molecule has 0 amide bonds. The van der Waals surface area contributed by atoms with Crippen LogP contribution in [0.5, 0.6) is 0 Å². The van der Waals surface area contributed by atoms with Crippen LogP contribution in [-0.2, 0) is 4.74 Å². The number of ether oxygens (including phenoxy) is 1. The monoisotopic (exact) mass is 244 g/mol. The van der Waals surface area contributed by atoms with Crippen LogP contribution in [0.1, 0.15) is 27.7 Å². The fraction of sp³-hybridized carbons (Fsp3) is 0.917. The molecular weight excluding hydrogens is 216 g/mol. The Bertz CT molecular complexity index is 211. The van der Waals surface area contributed by atoms with Gasteiger partial charge in [-0.15, -0.1) is 0 Å². The predicted octanol–water partition coefficient (Wildman–Crippen LogP) is 0.576. The number of nitrogens with zero attached hydrogens (tertiary/aromatic N) is 1. The quantitative estimate of drug-likeness (QED) is 0.348. The van der Waals surface area contributed by atoms with Gasteiger partial charge >= 0.3 is 0 Å². The summed E-state index contributed by atoms with van der Waals surface area (Å²) in [5.74, 6) is 0.847. The highest BCUT2D eigenvalue weighted by molar-refractivity contribution is 5.79. The van der Waals surface area contributed by atoms with E-state index in [2.05, 4.69) is 48.6 Å². The summed E-state index contributed by atoms with van der Waals surface area (Å²) in [5.41, 5.74) is 0.150. The molecule has 0 atom stereocenters. The molecule has 0 heterocycles. The molecule has 0 aliphatic rings. The number of hydrogen-bond donors (Lipinski definition) is 3. The topological polar surface area (TPSA) is 57.7 Å². The average molecular weight is 244 g/mol. The van der Waals surface area contributed by atoms with Crippen molar-refractivity contribution in [3.63, 3.8) is 0 Å². The van der Waals surface area contributed by atoms with E-state index in [9.17, 15) is 0 Å². The van der Waals surface area contributed by atoms with Gasteiger partial charge in [-0.25, -0.2) is 0 Å². The molecule has 17 heavy (non-hydrogen) atoms. The molecule has 0 bridgehead atoms. The van der Waals surface area contributed by atoms with Gasteiger partial charge in [0, 0.05) is 32.3 Å². The lowest BCUT2D eigenvalue weighted by atomic mass is 10.1. The third-order valence-corrected chi connectivity index (χ3v) is 1.98. The second-order valence-electron chi connectivity index (χ2n) is 4.86. The summed E-state index contributed by atoms with van der Waals surface area (Å²) in [5, 5.41) is 9.80. The van der Waals surface area contributed by atoms with Gasteiger partial charge in [0.25, 0.3) is 0 Å². The van der Waals surface area contributed by atoms with Crippen molar-refractivity contribution in [2.24, 2.45) is 4.99 Å². The van der Waals surface area contributed by atoms with Crippen LogP contribution in [0.25, 0.3) is 0 Å². The Morgan fingerprint density at radius 1 is 1.18 bits per heavy atom. The first-order valence-corrected chi connectivity index (χ1v) is 6.25. The molecule has 0 unspecified atom stereocenters. The standard InChI is InChI=1S/C12H28N4O/c1-6-13-11(15-9-10-17-5)14-7-8-16-12(2,3)4/h16H,6-10H2,1-5H3,(H2,13,14,15). The highest BCUT2D eigenvalue weighted by Gasteiger charge is 2.06. The number of guanidine groups is 1. The van der Waals surface area contributed by atoms with Crippen molar-refractivity contribution in [3.05, 3.63) is 0 Å². The molecule has 0 aliphatic carbocycles. The Balaban J connectivity index is 3.85. The summed E-state index contributed by atoms with van der Waals surface area (Å²) >= 11 is 0. The average Bonchev–Trinajstić information content (AvgIpc) is 2.23. The van der Waals surface area contributed by atoms with E-state index < -0.39 is 0 Å². The van der Waals surface area contributed by atoms with Crippen molar-refractivity contribution >= 4 is 5.96 Å². The molecule has 5 nitrogen and oxygen atoms in total. The van der Waals surface area contributed by atoms with Crippen LogP contribution < -0.4 is 16.0 Å². The van der Waals surface area contributed by atoms with Crippen LogP contribution >= 0.6 is 0 Å². The maximum absolute atomic E-state index is 4.98. The number of nitrogens with one attached hydrogen (secondary N) is 3. The molecule has 102 valence electrons. The Morgan fingerprint density at radius 3 is 2.41 bits per heavy atom. The first-order valence-electron chi connectivity index (χ1n) is 6.25. The lowest BCUT2D eigenvalue weighted by molar-refractivity contribution is 0.203. The van der Waals surface area contributed by atoms with Gasteiger partial charge in [0.1, 0.15) is 0 Å². The molecule has 0 aromatic carbocycles. The second kappa shape index (κ2) is 9.24. The number of methoxy groups -OCH3 is 1. The van der Waals surface area contributed by atoms with E-state index in [0.717, 1.165) is 32.1 Å². The van der Waals surface area contributed by atoms with E-state index in [-0.39, 0.29) is 5.54 Å². The summed E-state index contributed by atoms with van der Waals surface area (Å²) in [6.07, 6.45) is 0. The normalized spacial score (nSPS) is 12.6. The van der Waals surface area contributed by atoms with Crippen molar-refractivity contribution in [1.29, 1.82) is 0 Å². The minimum atomic E-state index is 0.150. The van der Waals surface area contributed by atoms with Gasteiger partial charge in [-0.05, 0) is 27.7 Å². The smallest absolute Gasteiger partial charge is 0.191 e. The first-order chi connectivity index (χ1) is 7.99. The number of aliphatic imine (C=N–C) groups is 1. The largest absolute Gasteiger partial charge is 0.383 e. The van der Waals surface area contributed by atoms with Gasteiger partial charge < -0.3 is 20.7 Å². The fourth-order valence-electron chi connectivity index (χ4n) is 1.21. The molecule has 0 rings (SSSR count). The van der Waals surface area contributed by atoms with Crippen molar-refractivity contribution in [1.82, 2.24) is 16.0 Å². The molecule has 0 spiro atoms. The van der Waals surface area contributed by atoms with Gasteiger partial charge in [-0.2, -0.15) is 0 Å². The summed E-state index contributed by atoms with van der Waals surface area (Å²) < 4.78 is 4.98. The van der Waals surface area contributed by atoms with Crippen molar-refractivity contribution < 1.29 is 4.74 Å². The van der Waals surface area contributed by atoms with Gasteiger partial charge in [-0.3, -0.25) is 4.99 Å². The fourth-order valence-corrected chi connectivity index (χ4v) is 1.21. The van der Waals surface area contributed by atoms with Crippen LogP contribution in [0.2, 0.25) is 0 Å². The van der Waals surface area contributed by atoms with Crippen molar-refractivity contribution in [2.75, 3.05) is 39.9 Å². The molecule has 0 fully saturated rings. The van der Waals surface area contributed by atoms with Crippen LogP contribution in [0.4, 0.5) is 0 Å². The highest BCUT2D eigenvalue weighted by atomic mass is 16.5. The van der Waals surface area contributed by atoms with E-state index in [1.807, 2.05) is 0 Å². The van der Waals surface area contributed by atoms with E-state index in [0.29, 0.717) is 6.61 Å². The molecule has 0 aromatic rings. The van der Waals surface area contributed by atoms with E-state index in [1.54, 1.807) is 7.11 Å². The Morgan fingerprint density at radius 2 is 1.88 bits per heavy atom. The minimum absolute atomic E-state index is 0.150. The first kappa shape index (κ1) is 16.2. The second-order valence-corrected chi connectivity index (χ2v) is 4.86. The summed E-state index contributed by atoms with van der Waals surface area (Å²) in [6.45, 7) is 12.5. The zero-order valence-electron chi connectivity index (χ0n) is 11.9. The number of hydrogen-bond acceptors (Lipinski definition) is 3. The molecule has 0 saturated carbocycles. The minimum Gasteiger partial charge on any atom is -0.383 e. The molecular formula is C12H28N4O. The van der Waals surface area contributed by atoms with Crippen LogP contribution in [0.3, 0.4) is 0 Å². The van der Waals surface area contributed by atoms with Crippen LogP contribution in [-0.4, -0.2) is 51.4 Å². The molecule has 0 radical (unpaired) electrons. The maximum atomic E-state index is 4.98. The lowest BCUT2D eigenvalue weighted by Gasteiger charge is -2.19. The Kier molecular flexibility index (Phi) is 8.80. The third kappa shape index (κ3) is 11.5.